The first-order valence-electron chi connectivity index (χ1n) is 6.44. The first-order valence-corrected chi connectivity index (χ1v) is 6.44. The fourth-order valence-corrected chi connectivity index (χ4v) is 2.11. The highest BCUT2D eigenvalue weighted by atomic mass is 16.6. The summed E-state index contributed by atoms with van der Waals surface area (Å²) in [6.45, 7) is 2.27. The van der Waals surface area contributed by atoms with Crippen LogP contribution < -0.4 is 4.74 Å². The minimum absolute atomic E-state index is 0.0124. The van der Waals surface area contributed by atoms with Crippen LogP contribution in [0.3, 0.4) is 0 Å². The lowest BCUT2D eigenvalue weighted by molar-refractivity contribution is -0.384. The number of hydrogen-bond acceptors (Lipinski definition) is 4. The number of nitro benzene ring substituents is 1. The van der Waals surface area contributed by atoms with E-state index in [1.807, 2.05) is 35.7 Å². The summed E-state index contributed by atoms with van der Waals surface area (Å²) in [7, 11) is 0. The van der Waals surface area contributed by atoms with Crippen LogP contribution in [0.25, 0.3) is 5.65 Å². The van der Waals surface area contributed by atoms with Crippen molar-refractivity contribution in [1.82, 2.24) is 9.38 Å². The van der Waals surface area contributed by atoms with E-state index in [1.54, 1.807) is 12.1 Å². The first-order chi connectivity index (χ1) is 10.1. The van der Waals surface area contributed by atoms with Gasteiger partial charge in [0.15, 0.2) is 0 Å². The van der Waals surface area contributed by atoms with Crippen molar-refractivity contribution in [2.24, 2.45) is 0 Å². The summed E-state index contributed by atoms with van der Waals surface area (Å²) in [6, 6.07) is 12.0. The number of imidazole rings is 1. The van der Waals surface area contributed by atoms with Crippen molar-refractivity contribution < 1.29 is 9.66 Å². The van der Waals surface area contributed by atoms with Crippen LogP contribution in [0.5, 0.6) is 5.75 Å². The average molecular weight is 283 g/mol. The zero-order chi connectivity index (χ0) is 14.8. The Hall–Kier alpha value is -2.89. The van der Waals surface area contributed by atoms with E-state index in [9.17, 15) is 10.1 Å². The third kappa shape index (κ3) is 2.69. The molecule has 0 fully saturated rings. The van der Waals surface area contributed by atoms with Crippen molar-refractivity contribution in [3.63, 3.8) is 0 Å². The molecule has 0 aliphatic rings. The number of ether oxygens (including phenoxy) is 1. The van der Waals surface area contributed by atoms with Gasteiger partial charge >= 0.3 is 0 Å². The number of pyridine rings is 1. The van der Waals surface area contributed by atoms with Gasteiger partial charge in [-0.05, 0) is 25.1 Å². The number of benzene rings is 1. The molecule has 0 spiro atoms. The van der Waals surface area contributed by atoms with Crippen molar-refractivity contribution in [2.45, 2.75) is 13.5 Å². The normalized spacial score (nSPS) is 10.7. The second kappa shape index (κ2) is 5.24. The van der Waals surface area contributed by atoms with Crippen LogP contribution in [0.15, 0.2) is 48.7 Å². The molecule has 0 amide bonds. The summed E-state index contributed by atoms with van der Waals surface area (Å²) in [4.78, 5) is 14.7. The number of non-ortho nitro benzene ring substituents is 1. The molecule has 3 aromatic rings. The van der Waals surface area contributed by atoms with Crippen LogP contribution in [0.2, 0.25) is 0 Å². The Bertz CT molecular complexity index is 811. The molecular weight excluding hydrogens is 270 g/mol. The van der Waals surface area contributed by atoms with Crippen LogP contribution in [0.1, 0.15) is 11.4 Å². The third-order valence-electron chi connectivity index (χ3n) is 3.16. The van der Waals surface area contributed by atoms with Crippen molar-refractivity contribution in [3.05, 3.63) is 70.2 Å². The maximum Gasteiger partial charge on any atom is 0.273 e. The van der Waals surface area contributed by atoms with Crippen LogP contribution in [-0.4, -0.2) is 14.3 Å². The smallest absolute Gasteiger partial charge is 0.273 e. The molecule has 0 bridgehead atoms. The largest absolute Gasteiger partial charge is 0.487 e. The Morgan fingerprint density at radius 1 is 1.29 bits per heavy atom. The number of aromatic nitrogens is 2. The predicted octanol–water partition coefficient (Wildman–Crippen LogP) is 3.13. The van der Waals surface area contributed by atoms with Gasteiger partial charge in [0.25, 0.3) is 5.69 Å². The van der Waals surface area contributed by atoms with Crippen LogP contribution >= 0.6 is 0 Å². The van der Waals surface area contributed by atoms with Crippen molar-refractivity contribution in [1.29, 1.82) is 0 Å². The molecule has 0 radical (unpaired) electrons. The zero-order valence-corrected chi connectivity index (χ0v) is 11.4. The minimum atomic E-state index is -0.443. The molecule has 0 unspecified atom stereocenters. The molecule has 0 N–H and O–H groups in total. The highest BCUT2D eigenvalue weighted by Gasteiger charge is 2.08. The van der Waals surface area contributed by atoms with E-state index in [1.165, 1.54) is 12.1 Å². The quantitative estimate of drug-likeness (QED) is 0.545. The van der Waals surface area contributed by atoms with E-state index in [0.717, 1.165) is 17.0 Å². The summed E-state index contributed by atoms with van der Waals surface area (Å²) in [5.74, 6) is 0.456. The first kappa shape index (κ1) is 13.1. The Morgan fingerprint density at radius 2 is 2.10 bits per heavy atom. The Labute approximate surface area is 120 Å². The highest BCUT2D eigenvalue weighted by molar-refractivity contribution is 5.42. The molecular formula is C15H13N3O3. The van der Waals surface area contributed by atoms with E-state index in [4.69, 9.17) is 4.74 Å². The second-order valence-electron chi connectivity index (χ2n) is 4.67. The summed E-state index contributed by atoms with van der Waals surface area (Å²) in [5, 5.41) is 10.7. The molecule has 3 rings (SSSR count). The zero-order valence-electron chi connectivity index (χ0n) is 11.4. The topological polar surface area (TPSA) is 69.7 Å². The lowest BCUT2D eigenvalue weighted by atomic mass is 10.3. The molecule has 0 saturated carbocycles. The number of aryl methyl sites for hydroxylation is 1. The summed E-state index contributed by atoms with van der Waals surface area (Å²) in [6.07, 6.45) is 1.90. The monoisotopic (exact) mass is 283 g/mol. The highest BCUT2D eigenvalue weighted by Crippen LogP contribution is 2.20. The van der Waals surface area contributed by atoms with Crippen molar-refractivity contribution >= 4 is 11.3 Å². The molecule has 0 aliphatic heterocycles. The van der Waals surface area contributed by atoms with E-state index in [-0.39, 0.29) is 12.3 Å². The number of nitrogens with zero attached hydrogens (tertiary/aromatic N) is 3. The number of rotatable bonds is 4. The maximum absolute atomic E-state index is 10.7. The standard InChI is InChI=1S/C15H13N3O3/c1-11-4-2-7-15-16-12(9-17(11)15)10-21-14-6-3-5-13(8-14)18(19)20/h2-9H,10H2,1H3. The van der Waals surface area contributed by atoms with Gasteiger partial charge < -0.3 is 9.14 Å². The molecule has 6 heteroatoms. The fourth-order valence-electron chi connectivity index (χ4n) is 2.11. The summed E-state index contributed by atoms with van der Waals surface area (Å²) >= 11 is 0. The van der Waals surface area contributed by atoms with E-state index < -0.39 is 4.92 Å². The molecule has 2 aromatic heterocycles. The summed E-state index contributed by atoms with van der Waals surface area (Å²) in [5.41, 5.74) is 2.73. The second-order valence-corrected chi connectivity index (χ2v) is 4.67. The SMILES string of the molecule is Cc1cccc2nc(COc3cccc([N+](=O)[O-])c3)cn12. The van der Waals surface area contributed by atoms with Gasteiger partial charge in [0.2, 0.25) is 0 Å². The van der Waals surface area contributed by atoms with Gasteiger partial charge in [0, 0.05) is 18.0 Å². The minimum Gasteiger partial charge on any atom is -0.487 e. The van der Waals surface area contributed by atoms with E-state index in [0.29, 0.717) is 5.75 Å². The number of fused-ring (bicyclic) bond motifs is 1. The van der Waals surface area contributed by atoms with E-state index in [2.05, 4.69) is 4.98 Å². The Balaban J connectivity index is 1.78. The maximum atomic E-state index is 10.7. The lowest BCUT2D eigenvalue weighted by Crippen LogP contribution is -1.96. The number of nitro groups is 1. The molecule has 0 aliphatic carbocycles. The van der Waals surface area contributed by atoms with Crippen LogP contribution in [-0.2, 0) is 6.61 Å². The fraction of sp³-hybridized carbons (Fsp3) is 0.133. The van der Waals surface area contributed by atoms with Gasteiger partial charge in [0.1, 0.15) is 18.0 Å². The molecule has 21 heavy (non-hydrogen) atoms. The van der Waals surface area contributed by atoms with Gasteiger partial charge in [0.05, 0.1) is 16.7 Å². The van der Waals surface area contributed by atoms with Crippen LogP contribution in [0.4, 0.5) is 5.69 Å². The van der Waals surface area contributed by atoms with Gasteiger partial charge in [-0.25, -0.2) is 4.98 Å². The molecule has 6 nitrogen and oxygen atoms in total. The summed E-state index contributed by atoms with van der Waals surface area (Å²) < 4.78 is 7.55. The molecule has 106 valence electrons. The van der Waals surface area contributed by atoms with Gasteiger partial charge in [-0.3, -0.25) is 10.1 Å². The molecule has 0 saturated heterocycles. The molecule has 2 heterocycles. The van der Waals surface area contributed by atoms with Crippen molar-refractivity contribution in [2.75, 3.05) is 0 Å². The van der Waals surface area contributed by atoms with Gasteiger partial charge in [-0.15, -0.1) is 0 Å². The average Bonchev–Trinajstić information content (AvgIpc) is 2.90. The predicted molar refractivity (Wildman–Crippen MR) is 77.4 cm³/mol. The Kier molecular flexibility index (Phi) is 3.27. The van der Waals surface area contributed by atoms with Crippen molar-refractivity contribution in [3.8, 4) is 5.75 Å². The molecule has 0 atom stereocenters. The Morgan fingerprint density at radius 3 is 2.86 bits per heavy atom. The molecule has 1 aromatic carbocycles. The third-order valence-corrected chi connectivity index (χ3v) is 3.16. The van der Waals surface area contributed by atoms with Gasteiger partial charge in [-0.2, -0.15) is 0 Å². The van der Waals surface area contributed by atoms with E-state index >= 15 is 0 Å². The van der Waals surface area contributed by atoms with Crippen LogP contribution in [0, 0.1) is 17.0 Å². The number of hydrogen-bond donors (Lipinski definition) is 0. The van der Waals surface area contributed by atoms with Gasteiger partial charge in [-0.1, -0.05) is 12.1 Å². The lowest BCUT2D eigenvalue weighted by Gasteiger charge is -2.03.